The number of carbonyl (C=O) groups excluding carboxylic acids is 1. The lowest BCUT2D eigenvalue weighted by Gasteiger charge is -1.90. The highest BCUT2D eigenvalue weighted by molar-refractivity contribution is 5.86. The molecule has 5 nitrogen and oxygen atoms in total. The Morgan fingerprint density at radius 1 is 1.64 bits per heavy atom. The summed E-state index contributed by atoms with van der Waals surface area (Å²) in [6.07, 6.45) is 2.46. The van der Waals surface area contributed by atoms with Crippen molar-refractivity contribution >= 4 is 11.9 Å². The molecule has 0 saturated carbocycles. The second-order valence-corrected chi connectivity index (χ2v) is 2.07. The molecule has 1 N–H and O–H groups in total. The Morgan fingerprint density at radius 2 is 2.21 bits per heavy atom. The van der Waals surface area contributed by atoms with Crippen molar-refractivity contribution in [3.05, 3.63) is 37.0 Å². The van der Waals surface area contributed by atoms with Gasteiger partial charge in [0.2, 0.25) is 5.76 Å². The van der Waals surface area contributed by atoms with E-state index in [-0.39, 0.29) is 5.76 Å². The number of carboxylic acids is 1. The predicted octanol–water partition coefficient (Wildman–Crippen LogP) is 1.67. The second-order valence-electron chi connectivity index (χ2n) is 2.07. The molecule has 0 aliphatic carbocycles. The number of carbonyl (C=O) groups is 2. The van der Waals surface area contributed by atoms with Gasteiger partial charge in [0.25, 0.3) is 5.97 Å². The lowest BCUT2D eigenvalue weighted by Crippen LogP contribution is -1.96. The van der Waals surface area contributed by atoms with Crippen molar-refractivity contribution in [1.82, 2.24) is 0 Å². The second kappa shape index (κ2) is 6.47. The first-order valence-corrected chi connectivity index (χ1v) is 3.63. The number of aliphatic carboxylic acids is 1. The summed E-state index contributed by atoms with van der Waals surface area (Å²) >= 11 is 0. The Hall–Kier alpha value is -2.04. The number of ether oxygens (including phenoxy) is 1. The average molecular weight is 198 g/mol. The molecule has 0 spiro atoms. The van der Waals surface area contributed by atoms with Gasteiger partial charge in [-0.1, -0.05) is 6.58 Å². The van der Waals surface area contributed by atoms with Gasteiger partial charge >= 0.3 is 5.97 Å². The van der Waals surface area contributed by atoms with Crippen LogP contribution in [0.1, 0.15) is 17.5 Å². The van der Waals surface area contributed by atoms with Crippen LogP contribution >= 0.6 is 0 Å². The molecule has 76 valence electrons. The Labute approximate surface area is 80.6 Å². The summed E-state index contributed by atoms with van der Waals surface area (Å²) in [6, 6.07) is 3.13. The Balaban J connectivity index is 0.000000364. The molecule has 0 aromatic carbocycles. The maximum atomic E-state index is 10.7. The van der Waals surface area contributed by atoms with Crippen LogP contribution in [0.5, 0.6) is 0 Å². The number of furan rings is 1. The fourth-order valence-corrected chi connectivity index (χ4v) is 0.528. The zero-order valence-corrected chi connectivity index (χ0v) is 7.60. The van der Waals surface area contributed by atoms with Gasteiger partial charge in [-0.3, -0.25) is 4.79 Å². The van der Waals surface area contributed by atoms with E-state index in [9.17, 15) is 4.79 Å². The summed E-state index contributed by atoms with van der Waals surface area (Å²) in [5, 5.41) is 7.42. The summed E-state index contributed by atoms with van der Waals surface area (Å²) in [5.74, 6) is -1.18. The van der Waals surface area contributed by atoms with Gasteiger partial charge in [-0.2, -0.15) is 0 Å². The Morgan fingerprint density at radius 3 is 2.57 bits per heavy atom. The van der Waals surface area contributed by atoms with Crippen LogP contribution in [-0.4, -0.2) is 17.0 Å². The van der Waals surface area contributed by atoms with Crippen LogP contribution in [0.4, 0.5) is 0 Å². The minimum absolute atomic E-state index is 0.180. The van der Waals surface area contributed by atoms with E-state index in [1.807, 2.05) is 0 Å². The number of hydrogen-bond donors (Lipinski definition) is 1. The molecule has 5 heteroatoms. The smallest absolute Gasteiger partial charge is 0.378 e. The van der Waals surface area contributed by atoms with E-state index in [1.165, 1.54) is 12.3 Å². The van der Waals surface area contributed by atoms with Gasteiger partial charge in [0.1, 0.15) is 0 Å². The third-order valence-corrected chi connectivity index (χ3v) is 0.913. The summed E-state index contributed by atoms with van der Waals surface area (Å²) in [4.78, 5) is 19.7. The zero-order valence-electron chi connectivity index (χ0n) is 7.60. The van der Waals surface area contributed by atoms with Gasteiger partial charge in [-0.15, -0.1) is 0 Å². The molecule has 1 aromatic rings. The van der Waals surface area contributed by atoms with Crippen molar-refractivity contribution < 1.29 is 23.8 Å². The largest absolute Gasteiger partial charge is 0.481 e. The fourth-order valence-electron chi connectivity index (χ4n) is 0.528. The van der Waals surface area contributed by atoms with Crippen LogP contribution < -0.4 is 0 Å². The summed E-state index contributed by atoms with van der Waals surface area (Å²) < 4.78 is 9.14. The first-order valence-electron chi connectivity index (χ1n) is 3.63. The number of rotatable bonds is 2. The minimum Gasteiger partial charge on any atom is -0.481 e. The fraction of sp³-hybridized carbons (Fsp3) is 0.111. The highest BCUT2D eigenvalue weighted by Gasteiger charge is 2.06. The van der Waals surface area contributed by atoms with Crippen molar-refractivity contribution in [3.63, 3.8) is 0 Å². The highest BCUT2D eigenvalue weighted by atomic mass is 16.5. The van der Waals surface area contributed by atoms with Gasteiger partial charge in [-0.05, 0) is 12.1 Å². The monoisotopic (exact) mass is 198 g/mol. The first kappa shape index (κ1) is 12.0. The van der Waals surface area contributed by atoms with Crippen LogP contribution in [0.3, 0.4) is 0 Å². The summed E-state index contributed by atoms with van der Waals surface area (Å²) in [6.45, 7) is 4.31. The third kappa shape index (κ3) is 5.59. The van der Waals surface area contributed by atoms with Crippen molar-refractivity contribution in [3.8, 4) is 0 Å². The molecule has 14 heavy (non-hydrogen) atoms. The summed E-state index contributed by atoms with van der Waals surface area (Å²) in [7, 11) is 0. The normalized spacial score (nSPS) is 8.07. The van der Waals surface area contributed by atoms with E-state index in [4.69, 9.17) is 14.3 Å². The standard InChI is InChI=1S/C7H6O3.C2H4O2/c1-2-9-7(8)6-4-3-5-10-6;1-2(3)4/h2-5H,1H2;1H3,(H,3,4). The predicted molar refractivity (Wildman–Crippen MR) is 47.6 cm³/mol. The highest BCUT2D eigenvalue weighted by Crippen LogP contribution is 2.01. The number of carboxylic acid groups (broad SMARTS) is 1. The lowest BCUT2D eigenvalue weighted by molar-refractivity contribution is -0.134. The van der Waals surface area contributed by atoms with Crippen LogP contribution in [-0.2, 0) is 9.53 Å². The average Bonchev–Trinajstić information content (AvgIpc) is 2.55. The summed E-state index contributed by atoms with van der Waals surface area (Å²) in [5.41, 5.74) is 0. The molecule has 1 rings (SSSR count). The van der Waals surface area contributed by atoms with Gasteiger partial charge in [0, 0.05) is 6.92 Å². The van der Waals surface area contributed by atoms with Crippen LogP contribution in [0.15, 0.2) is 35.7 Å². The van der Waals surface area contributed by atoms with Crippen LogP contribution in [0, 0.1) is 0 Å². The molecule has 0 aliphatic heterocycles. The van der Waals surface area contributed by atoms with Gasteiger partial charge in [-0.25, -0.2) is 4.79 Å². The van der Waals surface area contributed by atoms with Gasteiger partial charge in [0.05, 0.1) is 12.5 Å². The number of hydrogen-bond acceptors (Lipinski definition) is 4. The molecule has 0 amide bonds. The molecular weight excluding hydrogens is 188 g/mol. The van der Waals surface area contributed by atoms with Crippen molar-refractivity contribution in [2.24, 2.45) is 0 Å². The SMILES string of the molecule is C=COC(=O)c1ccco1.CC(=O)O. The molecule has 0 atom stereocenters. The molecule has 1 heterocycles. The molecule has 0 saturated heterocycles. The topological polar surface area (TPSA) is 76.7 Å². The van der Waals surface area contributed by atoms with Crippen LogP contribution in [0.25, 0.3) is 0 Å². The lowest BCUT2D eigenvalue weighted by atomic mass is 10.5. The van der Waals surface area contributed by atoms with Crippen molar-refractivity contribution in [1.29, 1.82) is 0 Å². The molecule has 0 aliphatic rings. The Bertz CT molecular complexity index is 295. The van der Waals surface area contributed by atoms with E-state index in [0.29, 0.717) is 0 Å². The van der Waals surface area contributed by atoms with Crippen molar-refractivity contribution in [2.75, 3.05) is 0 Å². The minimum atomic E-state index is -0.833. The van der Waals surface area contributed by atoms with E-state index < -0.39 is 11.9 Å². The Kier molecular flexibility index (Phi) is 5.53. The zero-order chi connectivity index (χ0) is 11.0. The van der Waals surface area contributed by atoms with Gasteiger partial charge < -0.3 is 14.3 Å². The van der Waals surface area contributed by atoms with E-state index in [1.54, 1.807) is 6.07 Å². The molecule has 0 unspecified atom stereocenters. The van der Waals surface area contributed by atoms with E-state index in [2.05, 4.69) is 11.3 Å². The molecule has 0 radical (unpaired) electrons. The molecule has 1 aromatic heterocycles. The van der Waals surface area contributed by atoms with E-state index in [0.717, 1.165) is 13.2 Å². The third-order valence-electron chi connectivity index (χ3n) is 0.913. The molecule has 0 fully saturated rings. The van der Waals surface area contributed by atoms with E-state index >= 15 is 0 Å². The van der Waals surface area contributed by atoms with Crippen LogP contribution in [0.2, 0.25) is 0 Å². The van der Waals surface area contributed by atoms with Crippen molar-refractivity contribution in [2.45, 2.75) is 6.92 Å². The molecule has 0 bridgehead atoms. The first-order chi connectivity index (χ1) is 6.57. The quantitative estimate of drug-likeness (QED) is 0.577. The van der Waals surface area contributed by atoms with Gasteiger partial charge in [0.15, 0.2) is 0 Å². The number of esters is 1. The maximum Gasteiger partial charge on any atom is 0.378 e. The molecular formula is C9H10O5. The maximum absolute atomic E-state index is 10.7.